The molecule has 3 atom stereocenters. The SMILES string of the molecule is C=CC1C(C(=C)N(C)C)C(CC(=O)CC2CC=CC=C2OC)=NN1C. The number of hydrazone groups is 1. The number of hydrogen-bond acceptors (Lipinski definition) is 5. The molecule has 1 aliphatic heterocycles. The van der Waals surface area contributed by atoms with Gasteiger partial charge in [0.1, 0.15) is 5.78 Å². The van der Waals surface area contributed by atoms with Crippen molar-refractivity contribution in [2.24, 2.45) is 16.9 Å². The van der Waals surface area contributed by atoms with Gasteiger partial charge in [-0.15, -0.1) is 6.58 Å². The monoisotopic (exact) mass is 343 g/mol. The molecule has 0 aromatic heterocycles. The van der Waals surface area contributed by atoms with Gasteiger partial charge in [0, 0.05) is 45.6 Å². The van der Waals surface area contributed by atoms with Crippen LogP contribution in [0, 0.1) is 11.8 Å². The van der Waals surface area contributed by atoms with E-state index in [0.29, 0.717) is 12.8 Å². The summed E-state index contributed by atoms with van der Waals surface area (Å²) in [6, 6.07) is 0.0322. The number of nitrogens with zero attached hydrogens (tertiary/aromatic N) is 3. The number of likely N-dealkylation sites (N-methyl/N-ethyl adjacent to an activating group) is 1. The van der Waals surface area contributed by atoms with Gasteiger partial charge >= 0.3 is 0 Å². The van der Waals surface area contributed by atoms with Gasteiger partial charge in [-0.1, -0.05) is 24.8 Å². The third-order valence-corrected chi connectivity index (χ3v) is 4.90. The first-order valence-electron chi connectivity index (χ1n) is 8.60. The van der Waals surface area contributed by atoms with Gasteiger partial charge < -0.3 is 9.64 Å². The van der Waals surface area contributed by atoms with Gasteiger partial charge in [0.05, 0.1) is 30.5 Å². The summed E-state index contributed by atoms with van der Waals surface area (Å²) in [6.45, 7) is 8.11. The van der Waals surface area contributed by atoms with Gasteiger partial charge in [0.15, 0.2) is 0 Å². The van der Waals surface area contributed by atoms with E-state index >= 15 is 0 Å². The van der Waals surface area contributed by atoms with Crippen molar-refractivity contribution < 1.29 is 9.53 Å². The second-order valence-corrected chi connectivity index (χ2v) is 6.81. The number of Topliss-reactive ketones (excluding diaryl/α,β-unsaturated/α-hetero) is 1. The van der Waals surface area contributed by atoms with Crippen LogP contribution >= 0.6 is 0 Å². The Morgan fingerprint density at radius 1 is 1.52 bits per heavy atom. The van der Waals surface area contributed by atoms with E-state index in [4.69, 9.17) is 4.74 Å². The predicted molar refractivity (Wildman–Crippen MR) is 102 cm³/mol. The maximum Gasteiger partial charge on any atom is 0.139 e. The molecule has 0 aromatic rings. The lowest BCUT2D eigenvalue weighted by Crippen LogP contribution is -2.35. The van der Waals surface area contributed by atoms with E-state index in [1.165, 1.54) is 0 Å². The van der Waals surface area contributed by atoms with Crippen LogP contribution in [0.4, 0.5) is 0 Å². The fraction of sp³-hybridized carbons (Fsp3) is 0.500. The highest BCUT2D eigenvalue weighted by Gasteiger charge is 2.37. The van der Waals surface area contributed by atoms with E-state index in [0.717, 1.165) is 23.6 Å². The standard InChI is InChI=1S/C20H29N3O2/c1-7-18-20(14(2)22(3)4)17(21-23(18)5)13-16(24)12-15-10-8-9-11-19(15)25-6/h7-9,11,15,18,20H,1-2,10,12-13H2,3-6H3. The normalized spacial score (nSPS) is 25.3. The lowest BCUT2D eigenvalue weighted by atomic mass is 9.86. The summed E-state index contributed by atoms with van der Waals surface area (Å²) in [6.07, 6.45) is 9.50. The number of allylic oxidation sites excluding steroid dienone is 4. The molecular formula is C20H29N3O2. The van der Waals surface area contributed by atoms with Crippen LogP contribution in [-0.4, -0.2) is 55.7 Å². The Balaban J connectivity index is 2.09. The number of hydrogen-bond donors (Lipinski definition) is 0. The molecule has 2 rings (SSSR count). The highest BCUT2D eigenvalue weighted by molar-refractivity contribution is 6.05. The average molecular weight is 343 g/mol. The van der Waals surface area contributed by atoms with Gasteiger partial charge in [-0.25, -0.2) is 0 Å². The van der Waals surface area contributed by atoms with E-state index in [-0.39, 0.29) is 23.7 Å². The Morgan fingerprint density at radius 3 is 2.84 bits per heavy atom. The highest BCUT2D eigenvalue weighted by Crippen LogP contribution is 2.31. The summed E-state index contributed by atoms with van der Waals surface area (Å²) >= 11 is 0. The number of ether oxygens (including phenoxy) is 1. The number of carbonyl (C=O) groups is 1. The quantitative estimate of drug-likeness (QED) is 0.636. The highest BCUT2D eigenvalue weighted by atomic mass is 16.5. The topological polar surface area (TPSA) is 45.1 Å². The average Bonchev–Trinajstić information content (AvgIpc) is 2.89. The Bertz CT molecular complexity index is 631. The van der Waals surface area contributed by atoms with Crippen LogP contribution in [0.1, 0.15) is 19.3 Å². The Morgan fingerprint density at radius 2 is 2.24 bits per heavy atom. The van der Waals surface area contributed by atoms with E-state index in [9.17, 15) is 4.79 Å². The van der Waals surface area contributed by atoms with Crippen molar-refractivity contribution in [3.8, 4) is 0 Å². The van der Waals surface area contributed by atoms with Gasteiger partial charge in [-0.2, -0.15) is 5.10 Å². The molecule has 0 bridgehead atoms. The summed E-state index contributed by atoms with van der Waals surface area (Å²) in [5, 5.41) is 6.48. The van der Waals surface area contributed by atoms with Crippen LogP contribution in [-0.2, 0) is 9.53 Å². The number of ketones is 1. The number of rotatable bonds is 8. The van der Waals surface area contributed by atoms with Crippen molar-refractivity contribution in [3.05, 3.63) is 48.9 Å². The molecule has 3 unspecified atom stereocenters. The largest absolute Gasteiger partial charge is 0.501 e. The van der Waals surface area contributed by atoms with Crippen LogP contribution < -0.4 is 0 Å². The van der Waals surface area contributed by atoms with Crippen molar-refractivity contribution >= 4 is 11.5 Å². The first-order valence-corrected chi connectivity index (χ1v) is 8.60. The van der Waals surface area contributed by atoms with Crippen LogP contribution in [0.2, 0.25) is 0 Å². The zero-order valence-corrected chi connectivity index (χ0v) is 15.7. The molecule has 0 fully saturated rings. The summed E-state index contributed by atoms with van der Waals surface area (Å²) in [5.74, 6) is 1.16. The van der Waals surface area contributed by atoms with E-state index in [1.807, 2.05) is 49.3 Å². The molecule has 0 amide bonds. The van der Waals surface area contributed by atoms with E-state index < -0.39 is 0 Å². The summed E-state index contributed by atoms with van der Waals surface area (Å²) < 4.78 is 5.40. The van der Waals surface area contributed by atoms with Crippen LogP contribution in [0.15, 0.2) is 54.0 Å². The van der Waals surface area contributed by atoms with Crippen LogP contribution in [0.5, 0.6) is 0 Å². The Hall–Kier alpha value is -2.30. The number of methoxy groups -OCH3 is 1. The molecule has 1 heterocycles. The number of carbonyl (C=O) groups excluding carboxylic acids is 1. The second-order valence-electron chi connectivity index (χ2n) is 6.81. The molecule has 1 aliphatic carbocycles. The molecule has 0 saturated heterocycles. The van der Waals surface area contributed by atoms with E-state index in [1.54, 1.807) is 7.11 Å². The molecule has 0 saturated carbocycles. The smallest absolute Gasteiger partial charge is 0.139 e. The molecule has 5 heteroatoms. The zero-order valence-electron chi connectivity index (χ0n) is 15.7. The molecule has 0 spiro atoms. The van der Waals surface area contributed by atoms with Crippen molar-refractivity contribution in [3.63, 3.8) is 0 Å². The first kappa shape index (κ1) is 19.0. The molecule has 0 aromatic carbocycles. The van der Waals surface area contributed by atoms with Crippen molar-refractivity contribution in [2.45, 2.75) is 25.3 Å². The van der Waals surface area contributed by atoms with Gasteiger partial charge in [-0.05, 0) is 12.5 Å². The molecular weight excluding hydrogens is 314 g/mol. The molecule has 136 valence electrons. The van der Waals surface area contributed by atoms with Crippen molar-refractivity contribution in [2.75, 3.05) is 28.3 Å². The summed E-state index contributed by atoms with van der Waals surface area (Å²) in [7, 11) is 7.50. The first-order chi connectivity index (χ1) is 11.9. The zero-order chi connectivity index (χ0) is 18.6. The van der Waals surface area contributed by atoms with Crippen molar-refractivity contribution in [1.29, 1.82) is 0 Å². The minimum atomic E-state index is -0.00913. The van der Waals surface area contributed by atoms with Gasteiger partial charge in [0.25, 0.3) is 0 Å². The minimum Gasteiger partial charge on any atom is -0.501 e. The maximum absolute atomic E-state index is 12.7. The van der Waals surface area contributed by atoms with E-state index in [2.05, 4.69) is 24.3 Å². The maximum atomic E-state index is 12.7. The minimum absolute atomic E-state index is 0.00913. The Kier molecular flexibility index (Phi) is 6.23. The summed E-state index contributed by atoms with van der Waals surface area (Å²) in [5.41, 5.74) is 1.81. The fourth-order valence-corrected chi connectivity index (χ4v) is 3.47. The third-order valence-electron chi connectivity index (χ3n) is 4.90. The lowest BCUT2D eigenvalue weighted by Gasteiger charge is -2.28. The van der Waals surface area contributed by atoms with Gasteiger partial charge in [-0.3, -0.25) is 9.80 Å². The van der Waals surface area contributed by atoms with Gasteiger partial charge in [0.2, 0.25) is 0 Å². The molecule has 0 radical (unpaired) electrons. The van der Waals surface area contributed by atoms with Crippen LogP contribution in [0.25, 0.3) is 0 Å². The summed E-state index contributed by atoms with van der Waals surface area (Å²) in [4.78, 5) is 14.7. The van der Waals surface area contributed by atoms with Crippen LogP contribution in [0.3, 0.4) is 0 Å². The molecule has 5 nitrogen and oxygen atoms in total. The Labute approximate surface area is 151 Å². The molecule has 2 aliphatic rings. The fourth-order valence-electron chi connectivity index (χ4n) is 3.47. The lowest BCUT2D eigenvalue weighted by molar-refractivity contribution is -0.118. The third kappa shape index (κ3) is 4.21. The molecule has 25 heavy (non-hydrogen) atoms. The molecule has 0 N–H and O–H groups in total. The van der Waals surface area contributed by atoms with Crippen molar-refractivity contribution in [1.82, 2.24) is 9.91 Å². The second kappa shape index (κ2) is 8.19. The predicted octanol–water partition coefficient (Wildman–Crippen LogP) is 2.99.